The molecule has 4 nitrogen and oxygen atoms in total. The molecule has 1 unspecified atom stereocenters. The predicted octanol–water partition coefficient (Wildman–Crippen LogP) is 3.40. The first-order valence-corrected chi connectivity index (χ1v) is 7.66. The molecule has 1 heterocycles. The van der Waals surface area contributed by atoms with Crippen molar-refractivity contribution >= 4 is 0 Å². The molecule has 0 amide bonds. The van der Waals surface area contributed by atoms with E-state index < -0.39 is 0 Å². The van der Waals surface area contributed by atoms with Gasteiger partial charge in [0, 0.05) is 17.3 Å². The maximum atomic E-state index is 5.69. The van der Waals surface area contributed by atoms with Crippen molar-refractivity contribution in [2.24, 2.45) is 0 Å². The fourth-order valence-electron chi connectivity index (χ4n) is 2.46. The molecule has 0 radical (unpaired) electrons. The van der Waals surface area contributed by atoms with Gasteiger partial charge in [-0.25, -0.2) is 0 Å². The topological polar surface area (TPSA) is 49.9 Å². The highest BCUT2D eigenvalue weighted by Crippen LogP contribution is 2.24. The van der Waals surface area contributed by atoms with Gasteiger partial charge in [-0.05, 0) is 51.8 Å². The summed E-state index contributed by atoms with van der Waals surface area (Å²) in [6.45, 7) is 7.94. The Labute approximate surface area is 126 Å². The second kappa shape index (κ2) is 7.84. The number of hydrogen-bond acceptors (Lipinski definition) is 3. The van der Waals surface area contributed by atoms with Crippen LogP contribution in [0.4, 0.5) is 0 Å². The van der Waals surface area contributed by atoms with Crippen LogP contribution in [0, 0.1) is 6.92 Å². The van der Waals surface area contributed by atoms with Gasteiger partial charge in [-0.3, -0.25) is 5.10 Å². The van der Waals surface area contributed by atoms with Crippen LogP contribution in [0.25, 0.3) is 0 Å². The molecule has 0 fully saturated rings. The Morgan fingerprint density at radius 3 is 2.86 bits per heavy atom. The van der Waals surface area contributed by atoms with Crippen molar-refractivity contribution in [3.05, 3.63) is 47.3 Å². The van der Waals surface area contributed by atoms with Gasteiger partial charge in [0.25, 0.3) is 0 Å². The zero-order valence-corrected chi connectivity index (χ0v) is 13.1. The number of nitrogens with zero attached hydrogens (tertiary/aromatic N) is 1. The van der Waals surface area contributed by atoms with Crippen LogP contribution >= 0.6 is 0 Å². The fourth-order valence-corrected chi connectivity index (χ4v) is 2.46. The Morgan fingerprint density at radius 2 is 2.14 bits per heavy atom. The van der Waals surface area contributed by atoms with Crippen LogP contribution < -0.4 is 10.1 Å². The Balaban J connectivity index is 1.82. The number of hydrogen-bond donors (Lipinski definition) is 2. The molecule has 2 rings (SSSR count). The first-order valence-electron chi connectivity index (χ1n) is 7.66. The van der Waals surface area contributed by atoms with E-state index >= 15 is 0 Å². The van der Waals surface area contributed by atoms with Gasteiger partial charge in [0.1, 0.15) is 5.75 Å². The van der Waals surface area contributed by atoms with Crippen molar-refractivity contribution in [3.8, 4) is 5.75 Å². The van der Waals surface area contributed by atoms with Crippen LogP contribution in [0.5, 0.6) is 5.75 Å². The summed E-state index contributed by atoms with van der Waals surface area (Å²) in [5, 5.41) is 10.6. The third-order valence-electron chi connectivity index (χ3n) is 3.69. The minimum atomic E-state index is 0.290. The Hall–Kier alpha value is -1.81. The largest absolute Gasteiger partial charge is 0.494 e. The van der Waals surface area contributed by atoms with Gasteiger partial charge in [-0.15, -0.1) is 0 Å². The van der Waals surface area contributed by atoms with E-state index in [2.05, 4.69) is 41.5 Å². The van der Waals surface area contributed by atoms with Crippen molar-refractivity contribution in [1.29, 1.82) is 0 Å². The normalized spacial score (nSPS) is 12.3. The number of rotatable bonds is 8. The quantitative estimate of drug-likeness (QED) is 0.732. The van der Waals surface area contributed by atoms with Crippen molar-refractivity contribution in [1.82, 2.24) is 15.5 Å². The lowest BCUT2D eigenvalue weighted by molar-refractivity contribution is 0.332. The van der Waals surface area contributed by atoms with E-state index in [1.165, 1.54) is 16.8 Å². The minimum absolute atomic E-state index is 0.290. The molecule has 0 saturated heterocycles. The van der Waals surface area contributed by atoms with Gasteiger partial charge in [-0.1, -0.05) is 18.2 Å². The summed E-state index contributed by atoms with van der Waals surface area (Å²) in [5.41, 5.74) is 3.70. The van der Waals surface area contributed by atoms with E-state index in [1.807, 2.05) is 25.3 Å². The van der Waals surface area contributed by atoms with Gasteiger partial charge in [0.05, 0.1) is 12.8 Å². The molecule has 1 aromatic carbocycles. The smallest absolute Gasteiger partial charge is 0.124 e. The summed E-state index contributed by atoms with van der Waals surface area (Å²) in [6.07, 6.45) is 4.07. The van der Waals surface area contributed by atoms with Crippen molar-refractivity contribution in [2.75, 3.05) is 13.2 Å². The average molecular weight is 287 g/mol. The molecule has 0 aliphatic rings. The Bertz CT molecular complexity index is 550. The molecule has 4 heteroatoms. The van der Waals surface area contributed by atoms with Crippen molar-refractivity contribution < 1.29 is 4.74 Å². The lowest BCUT2D eigenvalue weighted by Crippen LogP contribution is -2.21. The highest BCUT2D eigenvalue weighted by molar-refractivity contribution is 5.35. The lowest BCUT2D eigenvalue weighted by atomic mass is 10.1. The Morgan fingerprint density at radius 1 is 1.33 bits per heavy atom. The molecule has 0 aliphatic heterocycles. The molecular weight excluding hydrogens is 262 g/mol. The highest BCUT2D eigenvalue weighted by Gasteiger charge is 2.10. The minimum Gasteiger partial charge on any atom is -0.494 e. The van der Waals surface area contributed by atoms with E-state index in [4.69, 9.17) is 4.74 Å². The molecule has 0 aliphatic carbocycles. The molecule has 0 spiro atoms. The zero-order valence-electron chi connectivity index (χ0n) is 13.1. The first kappa shape index (κ1) is 15.6. The molecule has 2 aromatic rings. The van der Waals surface area contributed by atoms with Gasteiger partial charge < -0.3 is 10.1 Å². The number of ether oxygens (including phenoxy) is 1. The molecule has 1 atom stereocenters. The van der Waals surface area contributed by atoms with Crippen LogP contribution in [0.1, 0.15) is 43.1 Å². The molecule has 0 saturated carbocycles. The summed E-state index contributed by atoms with van der Waals surface area (Å²) < 4.78 is 5.69. The lowest BCUT2D eigenvalue weighted by Gasteiger charge is -2.18. The van der Waals surface area contributed by atoms with E-state index in [9.17, 15) is 0 Å². The summed E-state index contributed by atoms with van der Waals surface area (Å²) in [7, 11) is 0. The maximum Gasteiger partial charge on any atom is 0.124 e. The standard InChI is InChI=1S/C17H25N3O/c1-4-21-17-10-6-5-9-16(17)14(3)18-11-7-8-15-12-19-20-13(15)2/h5-6,9-10,12,14,18H,4,7-8,11H2,1-3H3,(H,19,20). The third kappa shape index (κ3) is 4.33. The number of para-hydroxylation sites is 1. The van der Waals surface area contributed by atoms with Gasteiger partial charge in [0.15, 0.2) is 0 Å². The highest BCUT2D eigenvalue weighted by atomic mass is 16.5. The summed E-state index contributed by atoms with van der Waals surface area (Å²) >= 11 is 0. The SMILES string of the molecule is CCOc1ccccc1C(C)NCCCc1cn[nH]c1C. The fraction of sp³-hybridized carbons (Fsp3) is 0.471. The first-order chi connectivity index (χ1) is 10.2. The molecule has 21 heavy (non-hydrogen) atoms. The second-order valence-electron chi connectivity index (χ2n) is 5.27. The number of aromatic amines is 1. The summed E-state index contributed by atoms with van der Waals surface area (Å²) in [6, 6.07) is 8.53. The number of aryl methyl sites for hydroxylation is 2. The summed E-state index contributed by atoms with van der Waals surface area (Å²) in [5.74, 6) is 0.977. The average Bonchev–Trinajstić information content (AvgIpc) is 2.90. The molecule has 1 aromatic heterocycles. The molecule has 114 valence electrons. The number of H-pyrrole nitrogens is 1. The van der Waals surface area contributed by atoms with Crippen LogP contribution in [0.15, 0.2) is 30.5 Å². The van der Waals surface area contributed by atoms with Crippen LogP contribution in [-0.2, 0) is 6.42 Å². The maximum absolute atomic E-state index is 5.69. The molecular formula is C17H25N3O. The van der Waals surface area contributed by atoms with E-state index in [1.54, 1.807) is 0 Å². The van der Waals surface area contributed by atoms with Crippen molar-refractivity contribution in [2.45, 2.75) is 39.7 Å². The second-order valence-corrected chi connectivity index (χ2v) is 5.27. The number of aromatic nitrogens is 2. The van der Waals surface area contributed by atoms with Gasteiger partial charge in [0.2, 0.25) is 0 Å². The van der Waals surface area contributed by atoms with Gasteiger partial charge >= 0.3 is 0 Å². The third-order valence-corrected chi connectivity index (χ3v) is 3.69. The number of nitrogens with one attached hydrogen (secondary N) is 2. The number of benzene rings is 1. The predicted molar refractivity (Wildman–Crippen MR) is 85.7 cm³/mol. The monoisotopic (exact) mass is 287 g/mol. The van der Waals surface area contributed by atoms with Crippen molar-refractivity contribution in [3.63, 3.8) is 0 Å². The van der Waals surface area contributed by atoms with Crippen LogP contribution in [-0.4, -0.2) is 23.3 Å². The Kier molecular flexibility index (Phi) is 5.81. The van der Waals surface area contributed by atoms with Crippen LogP contribution in [0.3, 0.4) is 0 Å². The van der Waals surface area contributed by atoms with E-state index in [0.29, 0.717) is 6.61 Å². The summed E-state index contributed by atoms with van der Waals surface area (Å²) in [4.78, 5) is 0. The van der Waals surface area contributed by atoms with E-state index in [0.717, 1.165) is 25.1 Å². The molecule has 2 N–H and O–H groups in total. The van der Waals surface area contributed by atoms with Gasteiger partial charge in [-0.2, -0.15) is 5.10 Å². The zero-order chi connectivity index (χ0) is 15.1. The van der Waals surface area contributed by atoms with Crippen LogP contribution in [0.2, 0.25) is 0 Å². The van der Waals surface area contributed by atoms with E-state index in [-0.39, 0.29) is 6.04 Å². The molecule has 0 bridgehead atoms.